The van der Waals surface area contributed by atoms with Crippen molar-refractivity contribution in [1.82, 2.24) is 16.0 Å². The quantitative estimate of drug-likeness (QED) is 0.492. The van der Waals surface area contributed by atoms with Gasteiger partial charge in [-0.05, 0) is 31.7 Å². The molecule has 0 saturated carbocycles. The van der Waals surface area contributed by atoms with Crippen molar-refractivity contribution in [2.45, 2.75) is 58.8 Å². The lowest BCUT2D eigenvalue weighted by Gasteiger charge is -2.22. The highest BCUT2D eigenvalue weighted by Crippen LogP contribution is 2.06. The molecule has 9 heteroatoms. The molecule has 166 valence electrons. The van der Waals surface area contributed by atoms with E-state index in [0.717, 1.165) is 5.56 Å². The molecule has 3 atom stereocenters. The molecule has 0 radical (unpaired) electrons. The lowest BCUT2D eigenvalue weighted by atomic mass is 10.0. The molecule has 9 nitrogen and oxygen atoms in total. The Bertz CT molecular complexity index is 723. The normalized spacial score (nSPS) is 13.5. The van der Waals surface area contributed by atoms with E-state index in [1.165, 1.54) is 21.0 Å². The van der Waals surface area contributed by atoms with Crippen molar-refractivity contribution in [2.24, 2.45) is 5.92 Å². The summed E-state index contributed by atoms with van der Waals surface area (Å²) >= 11 is 0. The van der Waals surface area contributed by atoms with Crippen LogP contribution in [0.4, 0.5) is 4.79 Å². The Morgan fingerprint density at radius 1 is 0.867 bits per heavy atom. The molecule has 3 N–H and O–H groups in total. The second-order valence-electron chi connectivity index (χ2n) is 7.37. The number of methoxy groups -OCH3 is 1. The van der Waals surface area contributed by atoms with Crippen LogP contribution in [0.15, 0.2) is 30.3 Å². The Morgan fingerprint density at radius 2 is 1.43 bits per heavy atom. The van der Waals surface area contributed by atoms with Gasteiger partial charge in [0, 0.05) is 0 Å². The summed E-state index contributed by atoms with van der Waals surface area (Å²) in [5, 5.41) is 7.49. The highest BCUT2D eigenvalue weighted by Gasteiger charge is 2.27. The number of nitrogens with one attached hydrogen (secondary N) is 3. The first-order valence-corrected chi connectivity index (χ1v) is 9.79. The second kappa shape index (κ2) is 12.5. The number of benzene rings is 1. The van der Waals surface area contributed by atoms with Crippen molar-refractivity contribution in [3.8, 4) is 0 Å². The number of hydrogen-bond acceptors (Lipinski definition) is 6. The number of ether oxygens (including phenoxy) is 2. The molecule has 1 rings (SSSR count). The Morgan fingerprint density at radius 3 is 2.00 bits per heavy atom. The maximum Gasteiger partial charge on any atom is 0.408 e. The summed E-state index contributed by atoms with van der Waals surface area (Å²) in [5.41, 5.74) is 0.816. The van der Waals surface area contributed by atoms with Crippen LogP contribution in [0.1, 0.15) is 39.7 Å². The standard InChI is InChI=1S/C21H31N3O6/c1-13(2)11-17(20(27)29-5)24-19(26)14(3)22-18(25)15(4)23-21(28)30-12-16-9-7-6-8-10-16/h6-10,13-15,17H,11-12H2,1-5H3,(H,22,25)(H,23,28)(H,24,26)/t14-,15-,17-/m0/s1. The first-order valence-electron chi connectivity index (χ1n) is 9.79. The van der Waals surface area contributed by atoms with Gasteiger partial charge < -0.3 is 25.4 Å². The third kappa shape index (κ3) is 8.93. The number of carbonyl (C=O) groups is 4. The summed E-state index contributed by atoms with van der Waals surface area (Å²) in [6, 6.07) is 6.48. The van der Waals surface area contributed by atoms with Gasteiger partial charge in [-0.25, -0.2) is 9.59 Å². The van der Waals surface area contributed by atoms with Crippen molar-refractivity contribution in [3.05, 3.63) is 35.9 Å². The van der Waals surface area contributed by atoms with Gasteiger partial charge in [0.15, 0.2) is 0 Å². The van der Waals surface area contributed by atoms with Crippen LogP contribution in [0.25, 0.3) is 0 Å². The third-order valence-corrected chi connectivity index (χ3v) is 4.20. The molecule has 0 bridgehead atoms. The molecule has 0 heterocycles. The lowest BCUT2D eigenvalue weighted by molar-refractivity contribution is -0.145. The number of rotatable bonds is 10. The summed E-state index contributed by atoms with van der Waals surface area (Å²) in [6.07, 6.45) is -0.342. The summed E-state index contributed by atoms with van der Waals surface area (Å²) in [6.45, 7) is 6.86. The van der Waals surface area contributed by atoms with E-state index in [0.29, 0.717) is 6.42 Å². The molecule has 3 amide bonds. The van der Waals surface area contributed by atoms with Gasteiger partial charge in [-0.2, -0.15) is 0 Å². The minimum atomic E-state index is -0.921. The highest BCUT2D eigenvalue weighted by molar-refractivity contribution is 5.92. The van der Waals surface area contributed by atoms with Crippen LogP contribution in [-0.4, -0.2) is 49.1 Å². The summed E-state index contributed by atoms with van der Waals surface area (Å²) in [5.74, 6) is -1.48. The molecule has 0 aromatic heterocycles. The summed E-state index contributed by atoms with van der Waals surface area (Å²) in [4.78, 5) is 48.3. The van der Waals surface area contributed by atoms with E-state index in [2.05, 4.69) is 16.0 Å². The number of esters is 1. The van der Waals surface area contributed by atoms with Gasteiger partial charge in [0.2, 0.25) is 11.8 Å². The van der Waals surface area contributed by atoms with E-state index >= 15 is 0 Å². The van der Waals surface area contributed by atoms with Crippen LogP contribution < -0.4 is 16.0 Å². The number of amides is 3. The molecule has 0 aliphatic rings. The van der Waals surface area contributed by atoms with Crippen molar-refractivity contribution in [1.29, 1.82) is 0 Å². The molecule has 0 spiro atoms. The van der Waals surface area contributed by atoms with Crippen LogP contribution in [-0.2, 0) is 30.5 Å². The smallest absolute Gasteiger partial charge is 0.408 e. The molecule has 0 aliphatic heterocycles. The lowest BCUT2D eigenvalue weighted by Crippen LogP contribution is -2.54. The van der Waals surface area contributed by atoms with Crippen LogP contribution in [0.5, 0.6) is 0 Å². The molecule has 0 fully saturated rings. The molecule has 0 saturated heterocycles. The number of alkyl carbamates (subject to hydrolysis) is 1. The molecular weight excluding hydrogens is 390 g/mol. The molecule has 0 aliphatic carbocycles. The zero-order valence-electron chi connectivity index (χ0n) is 18.1. The Kier molecular flexibility index (Phi) is 10.4. The van der Waals surface area contributed by atoms with Gasteiger partial charge in [0.05, 0.1) is 7.11 Å². The second-order valence-corrected chi connectivity index (χ2v) is 7.37. The van der Waals surface area contributed by atoms with Gasteiger partial charge in [0.1, 0.15) is 24.7 Å². The maximum atomic E-state index is 12.3. The van der Waals surface area contributed by atoms with Gasteiger partial charge in [-0.15, -0.1) is 0 Å². The van der Waals surface area contributed by atoms with Gasteiger partial charge >= 0.3 is 12.1 Å². The van der Waals surface area contributed by atoms with Crippen LogP contribution in [0.3, 0.4) is 0 Å². The van der Waals surface area contributed by atoms with E-state index in [4.69, 9.17) is 9.47 Å². The van der Waals surface area contributed by atoms with E-state index in [-0.39, 0.29) is 12.5 Å². The van der Waals surface area contributed by atoms with E-state index in [1.807, 2.05) is 44.2 Å². The van der Waals surface area contributed by atoms with Gasteiger partial charge in [0.25, 0.3) is 0 Å². The zero-order chi connectivity index (χ0) is 22.7. The van der Waals surface area contributed by atoms with E-state index in [1.54, 1.807) is 0 Å². The Labute approximate surface area is 176 Å². The SMILES string of the molecule is COC(=O)[C@H](CC(C)C)NC(=O)[C@H](C)NC(=O)[C@H](C)NC(=O)OCc1ccccc1. The number of hydrogen-bond donors (Lipinski definition) is 3. The van der Waals surface area contributed by atoms with E-state index < -0.39 is 42.0 Å². The van der Waals surface area contributed by atoms with E-state index in [9.17, 15) is 19.2 Å². The van der Waals surface area contributed by atoms with Crippen molar-refractivity contribution in [2.75, 3.05) is 7.11 Å². The van der Waals surface area contributed by atoms with Crippen molar-refractivity contribution in [3.63, 3.8) is 0 Å². The highest BCUT2D eigenvalue weighted by atomic mass is 16.5. The van der Waals surface area contributed by atoms with Crippen LogP contribution >= 0.6 is 0 Å². The fourth-order valence-corrected chi connectivity index (χ4v) is 2.54. The first-order chi connectivity index (χ1) is 14.1. The monoisotopic (exact) mass is 421 g/mol. The fourth-order valence-electron chi connectivity index (χ4n) is 2.54. The predicted octanol–water partition coefficient (Wildman–Crippen LogP) is 1.51. The molecule has 0 unspecified atom stereocenters. The number of carbonyl (C=O) groups excluding carboxylic acids is 4. The average molecular weight is 421 g/mol. The summed E-state index contributed by atoms with van der Waals surface area (Å²) in [7, 11) is 1.25. The molecule has 1 aromatic rings. The topological polar surface area (TPSA) is 123 Å². The first kappa shape index (κ1) is 24.9. The average Bonchev–Trinajstić information content (AvgIpc) is 2.71. The molecular formula is C21H31N3O6. The Hall–Kier alpha value is -3.10. The minimum Gasteiger partial charge on any atom is -0.467 e. The summed E-state index contributed by atoms with van der Waals surface area (Å²) < 4.78 is 9.78. The predicted molar refractivity (Wildman–Crippen MR) is 110 cm³/mol. The zero-order valence-corrected chi connectivity index (χ0v) is 18.1. The molecule has 30 heavy (non-hydrogen) atoms. The van der Waals surface area contributed by atoms with Crippen LogP contribution in [0.2, 0.25) is 0 Å². The van der Waals surface area contributed by atoms with Crippen molar-refractivity contribution < 1.29 is 28.7 Å². The third-order valence-electron chi connectivity index (χ3n) is 4.20. The minimum absolute atomic E-state index is 0.0740. The largest absolute Gasteiger partial charge is 0.467 e. The van der Waals surface area contributed by atoms with Crippen LogP contribution in [0, 0.1) is 5.92 Å². The maximum absolute atomic E-state index is 12.3. The fraction of sp³-hybridized carbons (Fsp3) is 0.524. The van der Waals surface area contributed by atoms with Gasteiger partial charge in [-0.1, -0.05) is 44.2 Å². The Balaban J connectivity index is 2.49. The van der Waals surface area contributed by atoms with Gasteiger partial charge in [-0.3, -0.25) is 9.59 Å². The molecule has 1 aromatic carbocycles. The van der Waals surface area contributed by atoms with Crippen molar-refractivity contribution >= 4 is 23.9 Å².